The number of ether oxygens (including phenoxy) is 2. The Morgan fingerprint density at radius 1 is 1.48 bits per heavy atom. The first-order valence-corrected chi connectivity index (χ1v) is 6.91. The minimum atomic E-state index is -0.755. The molecule has 1 aliphatic rings. The molecule has 0 bridgehead atoms. The van der Waals surface area contributed by atoms with Crippen LogP contribution in [0.5, 0.6) is 5.75 Å². The van der Waals surface area contributed by atoms with Crippen molar-refractivity contribution in [2.75, 3.05) is 20.3 Å². The summed E-state index contributed by atoms with van der Waals surface area (Å²) >= 11 is 0. The van der Waals surface area contributed by atoms with Gasteiger partial charge in [0.25, 0.3) is 0 Å². The Labute approximate surface area is 123 Å². The number of para-hydroxylation sites is 1. The fourth-order valence-corrected chi connectivity index (χ4v) is 2.35. The fraction of sp³-hybridized carbons (Fsp3) is 0.467. The van der Waals surface area contributed by atoms with Gasteiger partial charge >= 0.3 is 0 Å². The summed E-state index contributed by atoms with van der Waals surface area (Å²) in [6.07, 6.45) is 0.977. The third-order valence-electron chi connectivity index (χ3n) is 3.58. The van der Waals surface area contributed by atoms with Gasteiger partial charge in [-0.25, -0.2) is 0 Å². The van der Waals surface area contributed by atoms with Crippen molar-refractivity contribution < 1.29 is 19.1 Å². The molecule has 1 heterocycles. The third kappa shape index (κ3) is 3.95. The molecular weight excluding hydrogens is 272 g/mol. The topological polar surface area (TPSA) is 90.7 Å². The van der Waals surface area contributed by atoms with Gasteiger partial charge < -0.3 is 20.5 Å². The zero-order chi connectivity index (χ0) is 15.2. The molecule has 6 heteroatoms. The van der Waals surface area contributed by atoms with Gasteiger partial charge in [-0.2, -0.15) is 0 Å². The molecule has 21 heavy (non-hydrogen) atoms. The molecule has 0 saturated carbocycles. The van der Waals surface area contributed by atoms with Gasteiger partial charge in [0.15, 0.2) is 0 Å². The number of carbonyl (C=O) groups is 2. The zero-order valence-electron chi connectivity index (χ0n) is 12.0. The van der Waals surface area contributed by atoms with Crippen molar-refractivity contribution in [3.8, 4) is 5.75 Å². The van der Waals surface area contributed by atoms with Gasteiger partial charge in [0.05, 0.1) is 19.6 Å². The molecule has 1 aromatic rings. The van der Waals surface area contributed by atoms with E-state index in [1.807, 2.05) is 18.2 Å². The highest BCUT2D eigenvalue weighted by Crippen LogP contribution is 2.19. The highest BCUT2D eigenvalue weighted by molar-refractivity contribution is 5.88. The maximum atomic E-state index is 12.1. The van der Waals surface area contributed by atoms with Crippen molar-refractivity contribution in [1.82, 2.24) is 5.32 Å². The Bertz CT molecular complexity index is 512. The third-order valence-corrected chi connectivity index (χ3v) is 3.58. The van der Waals surface area contributed by atoms with E-state index in [9.17, 15) is 9.59 Å². The predicted molar refractivity (Wildman–Crippen MR) is 76.7 cm³/mol. The second-order valence-electron chi connectivity index (χ2n) is 5.04. The lowest BCUT2D eigenvalue weighted by Crippen LogP contribution is -2.48. The number of nitrogens with one attached hydrogen (secondary N) is 1. The number of amides is 2. The van der Waals surface area contributed by atoms with Crippen LogP contribution in [0.2, 0.25) is 0 Å². The van der Waals surface area contributed by atoms with Crippen molar-refractivity contribution >= 4 is 11.8 Å². The first-order valence-electron chi connectivity index (χ1n) is 6.91. The summed E-state index contributed by atoms with van der Waals surface area (Å²) in [5.74, 6) is -0.286. The van der Waals surface area contributed by atoms with E-state index in [0.29, 0.717) is 31.8 Å². The first kappa shape index (κ1) is 15.3. The lowest BCUT2D eigenvalue weighted by molar-refractivity contribution is -0.129. The maximum absolute atomic E-state index is 12.1. The van der Waals surface area contributed by atoms with Crippen LogP contribution in [-0.2, 0) is 20.7 Å². The Kier molecular flexibility index (Phi) is 5.16. The van der Waals surface area contributed by atoms with Crippen molar-refractivity contribution in [3.05, 3.63) is 29.8 Å². The normalized spacial score (nSPS) is 19.0. The van der Waals surface area contributed by atoms with Crippen molar-refractivity contribution in [2.24, 2.45) is 11.7 Å². The Morgan fingerprint density at radius 2 is 2.24 bits per heavy atom. The van der Waals surface area contributed by atoms with Crippen LogP contribution < -0.4 is 15.8 Å². The molecular formula is C15H20N2O4. The largest absolute Gasteiger partial charge is 0.496 e. The molecule has 2 atom stereocenters. The molecule has 2 amide bonds. The van der Waals surface area contributed by atoms with Gasteiger partial charge in [0, 0.05) is 13.0 Å². The molecule has 0 unspecified atom stereocenters. The minimum Gasteiger partial charge on any atom is -0.496 e. The summed E-state index contributed by atoms with van der Waals surface area (Å²) in [5, 5.41) is 2.71. The van der Waals surface area contributed by atoms with Crippen LogP contribution in [0, 0.1) is 5.92 Å². The average Bonchev–Trinajstić information content (AvgIpc) is 3.01. The van der Waals surface area contributed by atoms with E-state index in [-0.39, 0.29) is 11.8 Å². The van der Waals surface area contributed by atoms with Gasteiger partial charge in [0.2, 0.25) is 11.8 Å². The maximum Gasteiger partial charge on any atom is 0.240 e. The van der Waals surface area contributed by atoms with Crippen LogP contribution in [0.1, 0.15) is 12.0 Å². The number of benzene rings is 1. The van der Waals surface area contributed by atoms with Gasteiger partial charge in [-0.15, -0.1) is 0 Å². The standard InChI is InChI=1S/C15H20N2O4/c1-20-13-5-3-2-4-10(13)8-12(14(16)18)17-15(19)11-6-7-21-9-11/h2-5,11-12H,6-9H2,1H3,(H2,16,18)(H,17,19)/t11-,12-/m1/s1. The molecule has 114 valence electrons. The Hall–Kier alpha value is -2.08. The highest BCUT2D eigenvalue weighted by Gasteiger charge is 2.27. The molecule has 2 rings (SSSR count). The number of primary amides is 1. The number of rotatable bonds is 6. The van der Waals surface area contributed by atoms with E-state index in [1.54, 1.807) is 13.2 Å². The smallest absolute Gasteiger partial charge is 0.240 e. The van der Waals surface area contributed by atoms with Crippen molar-refractivity contribution in [1.29, 1.82) is 0 Å². The average molecular weight is 292 g/mol. The zero-order valence-corrected chi connectivity index (χ0v) is 12.0. The minimum absolute atomic E-state index is 0.189. The molecule has 0 aromatic heterocycles. The SMILES string of the molecule is COc1ccccc1C[C@@H](NC(=O)[C@@H]1CCOC1)C(N)=O. The lowest BCUT2D eigenvalue weighted by Gasteiger charge is -2.18. The fourth-order valence-electron chi connectivity index (χ4n) is 2.35. The molecule has 0 aliphatic carbocycles. The first-order chi connectivity index (χ1) is 10.1. The highest BCUT2D eigenvalue weighted by atomic mass is 16.5. The van der Waals surface area contributed by atoms with E-state index in [0.717, 1.165) is 5.56 Å². The second-order valence-corrected chi connectivity index (χ2v) is 5.04. The Balaban J connectivity index is 2.05. The summed E-state index contributed by atoms with van der Waals surface area (Å²) in [6, 6.07) is 6.59. The number of nitrogens with two attached hydrogens (primary N) is 1. The lowest BCUT2D eigenvalue weighted by atomic mass is 10.0. The molecule has 1 fully saturated rings. The molecule has 6 nitrogen and oxygen atoms in total. The van der Waals surface area contributed by atoms with Gasteiger partial charge in [-0.1, -0.05) is 18.2 Å². The predicted octanol–water partition coefficient (Wildman–Crippen LogP) is 0.244. The van der Waals surface area contributed by atoms with Crippen LogP contribution in [0.15, 0.2) is 24.3 Å². The van der Waals surface area contributed by atoms with E-state index < -0.39 is 11.9 Å². The molecule has 3 N–H and O–H groups in total. The second kappa shape index (κ2) is 7.08. The van der Waals surface area contributed by atoms with Crippen molar-refractivity contribution in [3.63, 3.8) is 0 Å². The molecule has 0 radical (unpaired) electrons. The van der Waals surface area contributed by atoms with Crippen LogP contribution in [0.3, 0.4) is 0 Å². The summed E-state index contributed by atoms with van der Waals surface area (Å²) in [5.41, 5.74) is 6.22. The molecule has 1 saturated heterocycles. The number of methoxy groups -OCH3 is 1. The van der Waals surface area contributed by atoms with Gasteiger partial charge in [-0.3, -0.25) is 9.59 Å². The Morgan fingerprint density at radius 3 is 2.86 bits per heavy atom. The quantitative estimate of drug-likeness (QED) is 0.786. The van der Waals surface area contributed by atoms with Crippen molar-refractivity contribution in [2.45, 2.75) is 18.9 Å². The van der Waals surface area contributed by atoms with E-state index in [4.69, 9.17) is 15.2 Å². The molecule has 0 spiro atoms. The van der Waals surface area contributed by atoms with Gasteiger partial charge in [0.1, 0.15) is 11.8 Å². The summed E-state index contributed by atoms with van der Waals surface area (Å²) < 4.78 is 10.4. The van der Waals surface area contributed by atoms with E-state index >= 15 is 0 Å². The summed E-state index contributed by atoms with van der Waals surface area (Å²) in [6.45, 7) is 0.970. The van der Waals surface area contributed by atoms with Crippen LogP contribution >= 0.6 is 0 Å². The summed E-state index contributed by atoms with van der Waals surface area (Å²) in [4.78, 5) is 23.7. The molecule has 1 aliphatic heterocycles. The van der Waals surface area contributed by atoms with E-state index in [1.165, 1.54) is 0 Å². The van der Waals surface area contributed by atoms with Crippen LogP contribution in [0.25, 0.3) is 0 Å². The monoisotopic (exact) mass is 292 g/mol. The number of carbonyl (C=O) groups excluding carboxylic acids is 2. The number of hydrogen-bond donors (Lipinski definition) is 2. The summed E-state index contributed by atoms with van der Waals surface area (Å²) in [7, 11) is 1.56. The van der Waals surface area contributed by atoms with Crippen LogP contribution in [0.4, 0.5) is 0 Å². The molecule has 1 aromatic carbocycles. The van der Waals surface area contributed by atoms with Gasteiger partial charge in [-0.05, 0) is 18.1 Å². The van der Waals surface area contributed by atoms with E-state index in [2.05, 4.69) is 5.32 Å². The number of hydrogen-bond acceptors (Lipinski definition) is 4. The van der Waals surface area contributed by atoms with Crippen LogP contribution in [-0.4, -0.2) is 38.2 Å².